The molecule has 0 aliphatic rings. The van der Waals surface area contributed by atoms with Gasteiger partial charge in [0.05, 0.1) is 6.20 Å². The zero-order valence-corrected chi connectivity index (χ0v) is 9.99. The van der Waals surface area contributed by atoms with Crippen molar-refractivity contribution < 1.29 is 0 Å². The Morgan fingerprint density at radius 1 is 1.38 bits per heavy atom. The summed E-state index contributed by atoms with van der Waals surface area (Å²) >= 11 is 6.21. The summed E-state index contributed by atoms with van der Waals surface area (Å²) in [6.45, 7) is 0.831. The highest BCUT2D eigenvalue weighted by molar-refractivity contribution is 6.31. The predicted octanol–water partition coefficient (Wildman–Crippen LogP) is 2.19. The Bertz CT molecular complexity index is 465. The van der Waals surface area contributed by atoms with E-state index in [-0.39, 0.29) is 0 Å². The molecular weight excluding hydrogens is 224 g/mol. The lowest BCUT2D eigenvalue weighted by molar-refractivity contribution is 0.402. The van der Waals surface area contributed by atoms with Crippen LogP contribution in [-0.4, -0.2) is 34.4 Å². The average molecular weight is 237 g/mol. The Kier molecular flexibility index (Phi) is 3.22. The number of H-pyrrole nitrogens is 1. The number of aromatic nitrogens is 3. The molecule has 84 valence electrons. The Labute approximate surface area is 99.2 Å². The molecule has 0 bridgehead atoms. The number of rotatable bonds is 3. The SMILES string of the molecule is CN(C)Cc1ccc(-c2cn[nH]n2)cc1Cl. The fourth-order valence-electron chi connectivity index (χ4n) is 1.52. The Balaban J connectivity index is 2.29. The number of nitrogens with one attached hydrogen (secondary N) is 1. The zero-order chi connectivity index (χ0) is 11.5. The van der Waals surface area contributed by atoms with Gasteiger partial charge in [-0.15, -0.1) is 0 Å². The summed E-state index contributed by atoms with van der Waals surface area (Å²) in [5.74, 6) is 0. The molecule has 0 unspecified atom stereocenters. The number of halogens is 1. The van der Waals surface area contributed by atoms with E-state index in [0.717, 1.165) is 28.4 Å². The van der Waals surface area contributed by atoms with Crippen LogP contribution in [0.5, 0.6) is 0 Å². The summed E-state index contributed by atoms with van der Waals surface area (Å²) in [4.78, 5) is 2.08. The van der Waals surface area contributed by atoms with Crippen molar-refractivity contribution in [3.05, 3.63) is 35.0 Å². The van der Waals surface area contributed by atoms with E-state index < -0.39 is 0 Å². The molecule has 1 aromatic carbocycles. The summed E-state index contributed by atoms with van der Waals surface area (Å²) in [5, 5.41) is 11.1. The van der Waals surface area contributed by atoms with Crippen LogP contribution >= 0.6 is 11.6 Å². The minimum absolute atomic E-state index is 0.759. The molecule has 0 radical (unpaired) electrons. The average Bonchev–Trinajstić information content (AvgIpc) is 2.73. The van der Waals surface area contributed by atoms with Crippen LogP contribution in [0.15, 0.2) is 24.4 Å². The van der Waals surface area contributed by atoms with Crippen molar-refractivity contribution in [2.75, 3.05) is 14.1 Å². The summed E-state index contributed by atoms with van der Waals surface area (Å²) in [6, 6.07) is 5.94. The highest BCUT2D eigenvalue weighted by atomic mass is 35.5. The minimum atomic E-state index is 0.759. The van der Waals surface area contributed by atoms with E-state index in [0.29, 0.717) is 0 Å². The molecule has 1 aromatic heterocycles. The number of hydrogen-bond donors (Lipinski definition) is 1. The van der Waals surface area contributed by atoms with E-state index in [1.807, 2.05) is 32.3 Å². The first-order valence-electron chi connectivity index (χ1n) is 4.96. The lowest BCUT2D eigenvalue weighted by Gasteiger charge is -2.11. The monoisotopic (exact) mass is 236 g/mol. The molecule has 0 atom stereocenters. The van der Waals surface area contributed by atoms with Crippen molar-refractivity contribution in [2.24, 2.45) is 0 Å². The molecule has 0 aliphatic carbocycles. The lowest BCUT2D eigenvalue weighted by Crippen LogP contribution is -2.10. The molecule has 1 heterocycles. The van der Waals surface area contributed by atoms with Crippen molar-refractivity contribution in [3.8, 4) is 11.3 Å². The second kappa shape index (κ2) is 4.63. The van der Waals surface area contributed by atoms with Crippen LogP contribution < -0.4 is 0 Å². The van der Waals surface area contributed by atoms with Gasteiger partial charge in [-0.3, -0.25) is 0 Å². The van der Waals surface area contributed by atoms with Gasteiger partial charge in [-0.25, -0.2) is 0 Å². The third-order valence-electron chi connectivity index (χ3n) is 2.25. The molecule has 4 nitrogen and oxygen atoms in total. The van der Waals surface area contributed by atoms with Crippen molar-refractivity contribution >= 4 is 11.6 Å². The van der Waals surface area contributed by atoms with Crippen molar-refractivity contribution in [3.63, 3.8) is 0 Å². The number of benzene rings is 1. The molecule has 0 aliphatic heterocycles. The Hall–Kier alpha value is -1.39. The quantitative estimate of drug-likeness (QED) is 0.889. The highest BCUT2D eigenvalue weighted by Crippen LogP contribution is 2.24. The van der Waals surface area contributed by atoms with Crippen molar-refractivity contribution in [1.82, 2.24) is 20.3 Å². The van der Waals surface area contributed by atoms with E-state index in [9.17, 15) is 0 Å². The summed E-state index contributed by atoms with van der Waals surface area (Å²) in [6.07, 6.45) is 1.68. The maximum absolute atomic E-state index is 6.21. The van der Waals surface area contributed by atoms with Gasteiger partial charge in [0.15, 0.2) is 0 Å². The molecular formula is C11H13ClN4. The predicted molar refractivity (Wildman–Crippen MR) is 64.2 cm³/mol. The first-order chi connectivity index (χ1) is 7.66. The number of nitrogens with zero attached hydrogens (tertiary/aromatic N) is 3. The lowest BCUT2D eigenvalue weighted by atomic mass is 10.1. The summed E-state index contributed by atoms with van der Waals surface area (Å²) in [7, 11) is 4.03. The molecule has 5 heteroatoms. The van der Waals surface area contributed by atoms with Crippen LogP contribution in [0.25, 0.3) is 11.3 Å². The summed E-state index contributed by atoms with van der Waals surface area (Å²) in [5.41, 5.74) is 2.89. The second-order valence-corrected chi connectivity index (χ2v) is 4.31. The van der Waals surface area contributed by atoms with E-state index >= 15 is 0 Å². The van der Waals surface area contributed by atoms with Crippen LogP contribution in [0, 0.1) is 0 Å². The molecule has 0 saturated carbocycles. The molecule has 0 amide bonds. The van der Waals surface area contributed by atoms with Gasteiger partial charge in [0.2, 0.25) is 0 Å². The topological polar surface area (TPSA) is 44.8 Å². The largest absolute Gasteiger partial charge is 0.305 e. The molecule has 16 heavy (non-hydrogen) atoms. The first-order valence-corrected chi connectivity index (χ1v) is 5.34. The van der Waals surface area contributed by atoms with Gasteiger partial charge in [0.1, 0.15) is 5.69 Å². The van der Waals surface area contributed by atoms with Gasteiger partial charge >= 0.3 is 0 Å². The van der Waals surface area contributed by atoms with E-state index in [1.54, 1.807) is 6.20 Å². The highest BCUT2D eigenvalue weighted by Gasteiger charge is 2.06. The fourth-order valence-corrected chi connectivity index (χ4v) is 1.76. The van der Waals surface area contributed by atoms with Gasteiger partial charge in [0, 0.05) is 17.1 Å². The van der Waals surface area contributed by atoms with Crippen LogP contribution in [-0.2, 0) is 6.54 Å². The minimum Gasteiger partial charge on any atom is -0.305 e. The first kappa shape index (κ1) is 11.1. The third kappa shape index (κ3) is 2.40. The smallest absolute Gasteiger partial charge is 0.112 e. The van der Waals surface area contributed by atoms with Gasteiger partial charge in [-0.05, 0) is 25.7 Å². The molecule has 2 aromatic rings. The number of aromatic amines is 1. The van der Waals surface area contributed by atoms with Gasteiger partial charge in [-0.2, -0.15) is 15.4 Å². The molecule has 1 N–H and O–H groups in total. The molecule has 0 fully saturated rings. The van der Waals surface area contributed by atoms with Crippen molar-refractivity contribution in [1.29, 1.82) is 0 Å². The van der Waals surface area contributed by atoms with Crippen LogP contribution in [0.3, 0.4) is 0 Å². The second-order valence-electron chi connectivity index (χ2n) is 3.90. The van der Waals surface area contributed by atoms with Crippen LogP contribution in [0.4, 0.5) is 0 Å². The Morgan fingerprint density at radius 3 is 2.75 bits per heavy atom. The number of hydrogen-bond acceptors (Lipinski definition) is 3. The van der Waals surface area contributed by atoms with Crippen LogP contribution in [0.2, 0.25) is 5.02 Å². The maximum atomic E-state index is 6.21. The molecule has 2 rings (SSSR count). The fraction of sp³-hybridized carbons (Fsp3) is 0.273. The normalized spacial score (nSPS) is 11.0. The zero-order valence-electron chi connectivity index (χ0n) is 9.24. The van der Waals surface area contributed by atoms with E-state index in [1.165, 1.54) is 0 Å². The van der Waals surface area contributed by atoms with Crippen molar-refractivity contribution in [2.45, 2.75) is 6.54 Å². The maximum Gasteiger partial charge on any atom is 0.112 e. The third-order valence-corrected chi connectivity index (χ3v) is 2.60. The summed E-state index contributed by atoms with van der Waals surface area (Å²) < 4.78 is 0. The molecule has 0 spiro atoms. The molecule has 0 saturated heterocycles. The van der Waals surface area contributed by atoms with Gasteiger partial charge in [0.25, 0.3) is 0 Å². The van der Waals surface area contributed by atoms with Gasteiger partial charge in [-0.1, -0.05) is 23.7 Å². The Morgan fingerprint density at radius 2 is 2.19 bits per heavy atom. The van der Waals surface area contributed by atoms with E-state index in [4.69, 9.17) is 11.6 Å². The van der Waals surface area contributed by atoms with Gasteiger partial charge < -0.3 is 4.90 Å². The van der Waals surface area contributed by atoms with Crippen LogP contribution in [0.1, 0.15) is 5.56 Å². The van der Waals surface area contributed by atoms with E-state index in [2.05, 4.69) is 20.3 Å². The standard InChI is InChI=1S/C11H13ClN4/c1-16(2)7-9-4-3-8(5-10(9)12)11-6-13-15-14-11/h3-6H,7H2,1-2H3,(H,13,14,15).